The number of ether oxygens (including phenoxy) is 1. The van der Waals surface area contributed by atoms with E-state index in [1.165, 1.54) is 31.3 Å². The lowest BCUT2D eigenvalue weighted by atomic mass is 9.80. The quantitative estimate of drug-likeness (QED) is 0.0455. The maximum atomic E-state index is 14.1. The van der Waals surface area contributed by atoms with E-state index in [0.29, 0.717) is 34.5 Å². The Balaban J connectivity index is 1.31. The summed E-state index contributed by atoms with van der Waals surface area (Å²) >= 11 is 0. The van der Waals surface area contributed by atoms with E-state index in [-0.39, 0.29) is 42.7 Å². The van der Waals surface area contributed by atoms with Gasteiger partial charge in [-0.3, -0.25) is 9.59 Å². The first-order chi connectivity index (χ1) is 27.8. The Bertz CT molecular complexity index is 2380. The minimum Gasteiger partial charge on any atom is -0.515 e. The maximum absolute atomic E-state index is 14.1. The molecule has 8 bridgehead atoms. The molecule has 5 heterocycles. The van der Waals surface area contributed by atoms with Gasteiger partial charge in [0, 0.05) is 56.8 Å². The molecule has 1 aliphatic carbocycles. The van der Waals surface area contributed by atoms with Crippen LogP contribution in [0.4, 0.5) is 0 Å². The van der Waals surface area contributed by atoms with E-state index in [1.54, 1.807) is 0 Å². The molecule has 5 atom stereocenters. The summed E-state index contributed by atoms with van der Waals surface area (Å²) in [5, 5.41) is 17.0. The van der Waals surface area contributed by atoms with Gasteiger partial charge in [0.05, 0.1) is 23.0 Å². The summed E-state index contributed by atoms with van der Waals surface area (Å²) in [5.74, 6) is -0.0829. The summed E-state index contributed by atoms with van der Waals surface area (Å²) in [6.45, 7) is 21.5. The number of hydrogen-bond donors (Lipinski definition) is 5. The number of hydrogen-bond acceptors (Lipinski definition) is 6. The normalized spacial score (nSPS) is 22.9. The standard InChI is InChI=1S/C49H64N4O5/c1-10-33-30(7)38-22-39-31(8)35(18-19-44(56)58-21-20-29(6)17-13-16-28(5)15-12-14-27(3)4)47(52-39)46-37(26-55)49(57)45-32(9)40(53-48(45)46)23-42-34(11-2)36(25-54)43(51-42)24-41(33)50-38/h10,20,22-28,31,35,37,47,50-54H,1,11-19,21H2,2-9H3/b29-20+,36-25-,39-22-,40-23-,43-24-/t28-,31+,35+,37-,47?/m1/s1. The number of aromatic amines is 3. The molecule has 0 aromatic carbocycles. The van der Waals surface area contributed by atoms with E-state index in [1.807, 2.05) is 45.1 Å². The van der Waals surface area contributed by atoms with Gasteiger partial charge in [-0.2, -0.15) is 0 Å². The zero-order chi connectivity index (χ0) is 41.8. The van der Waals surface area contributed by atoms with Gasteiger partial charge in [0.1, 0.15) is 18.8 Å². The zero-order valence-electron chi connectivity index (χ0n) is 35.9. The predicted molar refractivity (Wildman–Crippen MR) is 235 cm³/mol. The largest absolute Gasteiger partial charge is 0.515 e. The molecule has 9 heteroatoms. The summed E-state index contributed by atoms with van der Waals surface area (Å²) in [4.78, 5) is 50.9. The molecule has 0 spiro atoms. The number of Topliss-reactive ketones (excluding diaryl/α,β-unsaturated/α-hetero) is 1. The third-order valence-electron chi connectivity index (χ3n) is 13.0. The van der Waals surface area contributed by atoms with Crippen LogP contribution >= 0.6 is 0 Å². The van der Waals surface area contributed by atoms with E-state index in [4.69, 9.17) is 4.74 Å². The highest BCUT2D eigenvalue weighted by Crippen LogP contribution is 2.41. The van der Waals surface area contributed by atoms with Gasteiger partial charge in [-0.25, -0.2) is 0 Å². The van der Waals surface area contributed by atoms with Crippen molar-refractivity contribution in [1.29, 1.82) is 0 Å². The first-order valence-electron chi connectivity index (χ1n) is 21.5. The van der Waals surface area contributed by atoms with Crippen molar-refractivity contribution in [1.82, 2.24) is 20.3 Å². The van der Waals surface area contributed by atoms with Crippen molar-refractivity contribution in [3.63, 3.8) is 0 Å². The lowest BCUT2D eigenvalue weighted by Crippen LogP contribution is -2.35. The number of aliphatic hydroxyl groups excluding tert-OH is 1. The Morgan fingerprint density at radius 1 is 0.966 bits per heavy atom. The third-order valence-corrected chi connectivity index (χ3v) is 13.0. The second-order valence-electron chi connectivity index (χ2n) is 17.4. The fourth-order valence-electron chi connectivity index (χ4n) is 9.52. The molecule has 58 heavy (non-hydrogen) atoms. The van der Waals surface area contributed by atoms with Crippen LogP contribution < -0.4 is 26.6 Å². The second-order valence-corrected chi connectivity index (χ2v) is 17.4. The molecule has 310 valence electrons. The average Bonchev–Trinajstić information content (AvgIpc) is 3.93. The zero-order valence-corrected chi connectivity index (χ0v) is 35.9. The molecule has 0 saturated carbocycles. The summed E-state index contributed by atoms with van der Waals surface area (Å²) < 4.78 is 5.75. The van der Waals surface area contributed by atoms with Gasteiger partial charge in [-0.15, -0.1) is 0 Å². The monoisotopic (exact) mass is 788 g/mol. The number of nitrogens with one attached hydrogen (secondary N) is 4. The van der Waals surface area contributed by atoms with Crippen molar-refractivity contribution < 1.29 is 24.2 Å². The molecular formula is C49H64N4O5. The number of fused-ring (bicyclic) bond motifs is 8. The SMILES string of the molecule is C=Cc1c2[nH]c(c1C)/C=C1\NC(C3=c4[nH]/c(c(C)c4C(=O)[C@@H]3C=O)=C\c3[nH]c(/c(=C\O)c3CC)=C\2)[C@@H](CCC(=O)OC/C=C(\C)CCC[C@H](C)CCCC(C)C)[C@@H]1C. The average molecular weight is 789 g/mol. The van der Waals surface area contributed by atoms with Crippen LogP contribution in [0.1, 0.15) is 143 Å². The van der Waals surface area contributed by atoms with E-state index in [9.17, 15) is 19.5 Å². The highest BCUT2D eigenvalue weighted by atomic mass is 16.5. The summed E-state index contributed by atoms with van der Waals surface area (Å²) in [5.41, 5.74) is 9.64. The van der Waals surface area contributed by atoms with Crippen LogP contribution in [-0.4, -0.2) is 50.7 Å². The molecule has 9 nitrogen and oxygen atoms in total. The van der Waals surface area contributed by atoms with Gasteiger partial charge >= 0.3 is 5.97 Å². The topological polar surface area (TPSA) is 140 Å². The molecule has 2 aliphatic heterocycles. The fourth-order valence-corrected chi connectivity index (χ4v) is 9.52. The highest BCUT2D eigenvalue weighted by Gasteiger charge is 2.46. The second kappa shape index (κ2) is 18.3. The van der Waals surface area contributed by atoms with Crippen molar-refractivity contribution in [2.75, 3.05) is 6.61 Å². The van der Waals surface area contributed by atoms with Crippen LogP contribution in [0.25, 0.3) is 36.1 Å². The molecule has 1 unspecified atom stereocenters. The number of H-pyrrole nitrogens is 3. The Morgan fingerprint density at radius 2 is 1.71 bits per heavy atom. The van der Waals surface area contributed by atoms with Crippen molar-refractivity contribution >= 4 is 54.2 Å². The predicted octanol–water partition coefficient (Wildman–Crippen LogP) is 7.09. The number of esters is 1. The smallest absolute Gasteiger partial charge is 0.306 e. The molecule has 1 saturated heterocycles. The van der Waals surface area contributed by atoms with Gasteiger partial charge < -0.3 is 34.9 Å². The van der Waals surface area contributed by atoms with E-state index in [2.05, 4.69) is 67.5 Å². The van der Waals surface area contributed by atoms with Crippen LogP contribution in [0.2, 0.25) is 0 Å². The van der Waals surface area contributed by atoms with Crippen LogP contribution in [-0.2, 0) is 20.7 Å². The number of ketones is 1. The van der Waals surface area contributed by atoms with Crippen molar-refractivity contribution in [3.8, 4) is 0 Å². The van der Waals surface area contributed by atoms with Gasteiger partial charge in [0.2, 0.25) is 0 Å². The number of aldehydes is 1. The van der Waals surface area contributed by atoms with Crippen molar-refractivity contribution in [2.24, 2.45) is 29.6 Å². The number of carbonyl (C=O) groups excluding carboxylic acids is 3. The Hall–Kier alpha value is -5.05. The molecule has 3 aromatic rings. The molecule has 0 radical (unpaired) electrons. The summed E-state index contributed by atoms with van der Waals surface area (Å²) in [6.07, 6.45) is 20.5. The van der Waals surface area contributed by atoms with Gasteiger partial charge in [-0.1, -0.05) is 78.5 Å². The molecule has 3 aliphatic rings. The van der Waals surface area contributed by atoms with E-state index < -0.39 is 5.92 Å². The number of carbonyl (C=O) groups is 3. The van der Waals surface area contributed by atoms with Gasteiger partial charge in [0.25, 0.3) is 0 Å². The number of allylic oxidation sites excluding steroid dienone is 2. The van der Waals surface area contributed by atoms with Crippen LogP contribution in [0.15, 0.2) is 23.9 Å². The van der Waals surface area contributed by atoms with E-state index >= 15 is 0 Å². The first kappa shape index (κ1) is 42.6. The third kappa shape index (κ3) is 8.55. The minimum atomic E-state index is -0.942. The molecule has 6 rings (SSSR count). The van der Waals surface area contributed by atoms with Crippen molar-refractivity contribution in [3.05, 3.63) is 90.1 Å². The summed E-state index contributed by atoms with van der Waals surface area (Å²) in [7, 11) is 0. The van der Waals surface area contributed by atoms with Gasteiger partial charge in [-0.05, 0) is 111 Å². The summed E-state index contributed by atoms with van der Waals surface area (Å²) in [6, 6.07) is -0.387. The molecule has 0 amide bonds. The van der Waals surface area contributed by atoms with Crippen LogP contribution in [0.3, 0.4) is 0 Å². The highest BCUT2D eigenvalue weighted by molar-refractivity contribution is 6.16. The number of aromatic nitrogens is 3. The Kier molecular flexibility index (Phi) is 13.4. The number of aliphatic hydroxyl groups is 1. The maximum Gasteiger partial charge on any atom is 0.306 e. The minimum absolute atomic E-state index is 0.0417. The molecule has 3 aromatic heterocycles. The Morgan fingerprint density at radius 3 is 2.40 bits per heavy atom. The molecule has 5 N–H and O–H groups in total. The molecule has 1 fully saturated rings. The van der Waals surface area contributed by atoms with Crippen LogP contribution in [0.5, 0.6) is 0 Å². The lowest BCUT2D eigenvalue weighted by Gasteiger charge is -2.24. The van der Waals surface area contributed by atoms with Crippen molar-refractivity contribution in [2.45, 2.75) is 119 Å². The van der Waals surface area contributed by atoms with Crippen LogP contribution in [0, 0.1) is 43.4 Å². The first-order valence-corrected chi connectivity index (χ1v) is 21.5. The number of rotatable bonds is 16. The fraction of sp³-hybridized carbons (Fsp3) is 0.490. The Labute approximate surface area is 343 Å². The van der Waals surface area contributed by atoms with E-state index in [0.717, 1.165) is 93.0 Å². The molecular weight excluding hydrogens is 725 g/mol. The lowest BCUT2D eigenvalue weighted by molar-refractivity contribution is -0.142. The van der Waals surface area contributed by atoms with Gasteiger partial charge in [0.15, 0.2) is 5.78 Å².